The molecule has 0 bridgehead atoms. The molecule has 3 heteroatoms. The fraction of sp³-hybridized carbons (Fsp3) is 0.296. The molecule has 0 spiro atoms. The van der Waals surface area contributed by atoms with E-state index in [9.17, 15) is 4.79 Å². The fourth-order valence-electron chi connectivity index (χ4n) is 4.53. The predicted molar refractivity (Wildman–Crippen MR) is 121 cm³/mol. The molecule has 0 aromatic heterocycles. The largest absolute Gasteiger partial charge is 0.497 e. The van der Waals surface area contributed by atoms with Crippen molar-refractivity contribution < 1.29 is 9.53 Å². The molecule has 4 rings (SSSR count). The van der Waals surface area contributed by atoms with Crippen LogP contribution in [0.15, 0.2) is 78.9 Å². The van der Waals surface area contributed by atoms with Gasteiger partial charge >= 0.3 is 0 Å². The van der Waals surface area contributed by atoms with Crippen LogP contribution in [0.3, 0.4) is 0 Å². The molecule has 0 amide bonds. The molecule has 1 fully saturated rings. The fourth-order valence-corrected chi connectivity index (χ4v) is 4.53. The Morgan fingerprint density at radius 2 is 1.57 bits per heavy atom. The summed E-state index contributed by atoms with van der Waals surface area (Å²) < 4.78 is 5.21. The lowest BCUT2D eigenvalue weighted by Gasteiger charge is -2.48. The van der Waals surface area contributed by atoms with Crippen LogP contribution in [-0.4, -0.2) is 30.9 Å². The van der Waals surface area contributed by atoms with Crippen molar-refractivity contribution in [3.05, 3.63) is 101 Å². The number of ether oxygens (including phenoxy) is 1. The van der Waals surface area contributed by atoms with Crippen LogP contribution in [0, 0.1) is 5.41 Å². The zero-order chi connectivity index (χ0) is 21.0. The van der Waals surface area contributed by atoms with Gasteiger partial charge in [-0.2, -0.15) is 0 Å². The first-order valence-electron chi connectivity index (χ1n) is 10.5. The predicted octanol–water partition coefficient (Wildman–Crippen LogP) is 5.19. The summed E-state index contributed by atoms with van der Waals surface area (Å²) in [6.45, 7) is 5.44. The Kier molecular flexibility index (Phi) is 6.01. The summed E-state index contributed by atoms with van der Waals surface area (Å²) in [7, 11) is 1.65. The molecule has 3 aromatic carbocycles. The van der Waals surface area contributed by atoms with Gasteiger partial charge in [0.25, 0.3) is 0 Å². The van der Waals surface area contributed by atoms with E-state index in [2.05, 4.69) is 48.2 Å². The lowest BCUT2D eigenvalue weighted by molar-refractivity contribution is 0.00929. The van der Waals surface area contributed by atoms with E-state index in [1.54, 1.807) is 7.11 Å². The van der Waals surface area contributed by atoms with Crippen LogP contribution in [0.2, 0.25) is 0 Å². The van der Waals surface area contributed by atoms with E-state index in [4.69, 9.17) is 4.74 Å². The first kappa shape index (κ1) is 20.4. The van der Waals surface area contributed by atoms with E-state index in [0.29, 0.717) is 6.42 Å². The number of carbonyl (C=O) groups excluding carboxylic acids is 1. The van der Waals surface area contributed by atoms with E-state index < -0.39 is 0 Å². The first-order valence-corrected chi connectivity index (χ1v) is 10.5. The molecule has 1 saturated heterocycles. The van der Waals surface area contributed by atoms with E-state index in [1.807, 2.05) is 42.5 Å². The van der Waals surface area contributed by atoms with E-state index in [0.717, 1.165) is 48.5 Å². The Morgan fingerprint density at radius 1 is 0.900 bits per heavy atom. The van der Waals surface area contributed by atoms with Crippen molar-refractivity contribution in [2.75, 3.05) is 20.2 Å². The Morgan fingerprint density at radius 3 is 2.27 bits per heavy atom. The maximum absolute atomic E-state index is 13.0. The quantitative estimate of drug-likeness (QED) is 0.489. The summed E-state index contributed by atoms with van der Waals surface area (Å²) >= 11 is 0. The third-order valence-electron chi connectivity index (χ3n) is 5.92. The highest BCUT2D eigenvalue weighted by molar-refractivity contribution is 5.98. The molecule has 0 radical (unpaired) electrons. The van der Waals surface area contributed by atoms with E-state index in [1.165, 1.54) is 5.56 Å². The summed E-state index contributed by atoms with van der Waals surface area (Å²) in [6.07, 6.45) is 1.35. The minimum absolute atomic E-state index is 0.180. The molecule has 0 saturated carbocycles. The van der Waals surface area contributed by atoms with Crippen molar-refractivity contribution in [2.45, 2.75) is 26.3 Å². The van der Waals surface area contributed by atoms with Gasteiger partial charge in [0.2, 0.25) is 0 Å². The second-order valence-electron chi connectivity index (χ2n) is 8.72. The number of hydrogen-bond donors (Lipinski definition) is 0. The Hall–Kier alpha value is -2.91. The van der Waals surface area contributed by atoms with Crippen LogP contribution >= 0.6 is 0 Å². The van der Waals surface area contributed by atoms with Crippen LogP contribution in [0.1, 0.15) is 34.0 Å². The van der Waals surface area contributed by atoms with Crippen molar-refractivity contribution in [1.82, 2.24) is 4.90 Å². The van der Waals surface area contributed by atoms with Crippen molar-refractivity contribution >= 4 is 5.78 Å². The number of likely N-dealkylation sites (tertiary alicyclic amines) is 1. The molecule has 1 heterocycles. The van der Waals surface area contributed by atoms with E-state index in [-0.39, 0.29) is 11.2 Å². The Bertz CT molecular complexity index is 989. The number of nitrogens with zero attached hydrogens (tertiary/aromatic N) is 1. The van der Waals surface area contributed by atoms with Gasteiger partial charge in [-0.1, -0.05) is 73.7 Å². The average molecular weight is 400 g/mol. The first-order chi connectivity index (χ1) is 14.5. The molecule has 3 aromatic rings. The number of ketones is 1. The van der Waals surface area contributed by atoms with Gasteiger partial charge in [0.1, 0.15) is 5.75 Å². The molecular formula is C27H29NO2. The summed E-state index contributed by atoms with van der Waals surface area (Å²) in [5.74, 6) is 0.990. The summed E-state index contributed by atoms with van der Waals surface area (Å²) in [6, 6.07) is 26.5. The number of rotatable bonds is 8. The Balaban J connectivity index is 1.40. The number of hydrogen-bond acceptors (Lipinski definition) is 3. The third-order valence-corrected chi connectivity index (χ3v) is 5.92. The van der Waals surface area contributed by atoms with Crippen molar-refractivity contribution in [2.24, 2.45) is 5.41 Å². The SMILES string of the molecule is COc1ccc(CC(=O)c2ccccc2CC2(C)CN(Cc3ccccc3)C2)cc1. The monoisotopic (exact) mass is 399 g/mol. The number of carbonyl (C=O) groups is 1. The summed E-state index contributed by atoms with van der Waals surface area (Å²) in [5, 5.41) is 0. The standard InChI is InChI=1S/C27H29NO2/c1-27(19-28(20-27)18-22-8-4-3-5-9-22)17-23-10-6-7-11-25(23)26(29)16-21-12-14-24(30-2)15-13-21/h3-15H,16-20H2,1-2H3. The van der Waals surface area contributed by atoms with Crippen LogP contribution in [0.25, 0.3) is 0 Å². The lowest BCUT2D eigenvalue weighted by atomic mass is 9.75. The molecule has 0 aliphatic carbocycles. The molecule has 1 aliphatic heterocycles. The summed E-state index contributed by atoms with van der Waals surface area (Å²) in [4.78, 5) is 15.5. The molecule has 0 atom stereocenters. The summed E-state index contributed by atoms with van der Waals surface area (Å²) in [5.41, 5.74) is 4.61. The van der Waals surface area contributed by atoms with Crippen molar-refractivity contribution in [1.29, 1.82) is 0 Å². The van der Waals surface area contributed by atoms with Gasteiger partial charge in [0.05, 0.1) is 7.11 Å². The third kappa shape index (κ3) is 4.80. The van der Waals surface area contributed by atoms with Gasteiger partial charge in [0.15, 0.2) is 5.78 Å². The van der Waals surface area contributed by atoms with Gasteiger partial charge in [-0.05, 0) is 40.7 Å². The van der Waals surface area contributed by atoms with Crippen molar-refractivity contribution in [3.8, 4) is 5.75 Å². The molecular weight excluding hydrogens is 370 g/mol. The molecule has 3 nitrogen and oxygen atoms in total. The normalized spacial score (nSPS) is 15.4. The number of Topliss-reactive ketones (excluding diaryl/α,β-unsaturated/α-hetero) is 1. The second kappa shape index (κ2) is 8.85. The van der Waals surface area contributed by atoms with Gasteiger partial charge in [0, 0.05) is 31.6 Å². The minimum Gasteiger partial charge on any atom is -0.497 e. The smallest absolute Gasteiger partial charge is 0.167 e. The van der Waals surface area contributed by atoms with Gasteiger partial charge in [-0.3, -0.25) is 9.69 Å². The van der Waals surface area contributed by atoms with Gasteiger partial charge in [-0.15, -0.1) is 0 Å². The zero-order valence-electron chi connectivity index (χ0n) is 17.8. The minimum atomic E-state index is 0.180. The van der Waals surface area contributed by atoms with Crippen LogP contribution < -0.4 is 4.74 Å². The molecule has 30 heavy (non-hydrogen) atoms. The van der Waals surface area contributed by atoms with E-state index >= 15 is 0 Å². The maximum atomic E-state index is 13.0. The highest BCUT2D eigenvalue weighted by atomic mass is 16.5. The number of methoxy groups -OCH3 is 1. The van der Waals surface area contributed by atoms with Crippen LogP contribution in [0.5, 0.6) is 5.75 Å². The van der Waals surface area contributed by atoms with Crippen LogP contribution in [0.4, 0.5) is 0 Å². The van der Waals surface area contributed by atoms with Gasteiger partial charge in [-0.25, -0.2) is 0 Å². The number of benzene rings is 3. The van der Waals surface area contributed by atoms with Gasteiger partial charge < -0.3 is 4.74 Å². The molecule has 0 unspecified atom stereocenters. The lowest BCUT2D eigenvalue weighted by Crippen LogP contribution is -2.55. The topological polar surface area (TPSA) is 29.5 Å². The molecule has 1 aliphatic rings. The Labute approximate surface area is 179 Å². The van der Waals surface area contributed by atoms with Crippen LogP contribution in [-0.2, 0) is 19.4 Å². The average Bonchev–Trinajstić information content (AvgIpc) is 2.74. The highest BCUT2D eigenvalue weighted by Crippen LogP contribution is 2.35. The maximum Gasteiger partial charge on any atom is 0.167 e. The highest BCUT2D eigenvalue weighted by Gasteiger charge is 2.39. The van der Waals surface area contributed by atoms with Crippen molar-refractivity contribution in [3.63, 3.8) is 0 Å². The molecule has 0 N–H and O–H groups in total. The zero-order valence-corrected chi connectivity index (χ0v) is 17.8. The second-order valence-corrected chi connectivity index (χ2v) is 8.72. The molecule has 154 valence electrons.